The number of pyridine rings is 1. The zero-order chi connectivity index (χ0) is 21.8. The Kier molecular flexibility index (Phi) is 6.23. The molecule has 5 nitrogen and oxygen atoms in total. The molecule has 2 atom stereocenters. The van der Waals surface area contributed by atoms with Crippen LogP contribution in [0.3, 0.4) is 0 Å². The Bertz CT molecular complexity index is 1060. The van der Waals surface area contributed by atoms with Gasteiger partial charge in [0.2, 0.25) is 0 Å². The van der Waals surface area contributed by atoms with E-state index < -0.39 is 12.1 Å². The number of benzene rings is 2. The summed E-state index contributed by atoms with van der Waals surface area (Å²) in [7, 11) is 0. The lowest BCUT2D eigenvalue weighted by Crippen LogP contribution is -2.41. The van der Waals surface area contributed by atoms with Crippen LogP contribution >= 0.6 is 0 Å². The lowest BCUT2D eigenvalue weighted by atomic mass is 9.98. The molecule has 5 heteroatoms. The third kappa shape index (κ3) is 4.72. The number of aryl methyl sites for hydroxylation is 2. The smallest absolute Gasteiger partial charge is 0.255 e. The van der Waals surface area contributed by atoms with Crippen LogP contribution in [0.2, 0.25) is 0 Å². The van der Waals surface area contributed by atoms with E-state index in [2.05, 4.69) is 4.98 Å². The van der Waals surface area contributed by atoms with Crippen LogP contribution in [-0.4, -0.2) is 45.4 Å². The van der Waals surface area contributed by atoms with E-state index in [1.165, 1.54) is 10.5 Å². The molecule has 4 rings (SSSR count). The average Bonchev–Trinajstić information content (AvgIpc) is 3.20. The Balaban J connectivity index is 1.53. The second-order valence-corrected chi connectivity index (χ2v) is 8.10. The van der Waals surface area contributed by atoms with Crippen LogP contribution in [0.4, 0.5) is 0 Å². The molecule has 0 bridgehead atoms. The van der Waals surface area contributed by atoms with Crippen molar-refractivity contribution in [3.05, 3.63) is 89.7 Å². The Morgan fingerprint density at radius 1 is 1.06 bits per heavy atom. The van der Waals surface area contributed by atoms with Gasteiger partial charge >= 0.3 is 0 Å². The molecule has 1 fully saturated rings. The van der Waals surface area contributed by atoms with Crippen LogP contribution in [-0.2, 0) is 11.2 Å². The van der Waals surface area contributed by atoms with Gasteiger partial charge in [0.05, 0.1) is 12.1 Å². The predicted octanol–water partition coefficient (Wildman–Crippen LogP) is 3.83. The summed E-state index contributed by atoms with van der Waals surface area (Å²) < 4.78 is 0. The zero-order valence-electron chi connectivity index (χ0n) is 17.6. The highest BCUT2D eigenvalue weighted by Crippen LogP contribution is 2.28. The SMILES string of the molecule is Cc1ccc(CCC(=O)[C@@H]2C[C@@H](O)CN2C(=O)c2ccccc2-c2cccnc2)cc1. The van der Waals surface area contributed by atoms with E-state index in [1.54, 1.807) is 18.5 Å². The highest BCUT2D eigenvalue weighted by Gasteiger charge is 2.39. The lowest BCUT2D eigenvalue weighted by molar-refractivity contribution is -0.122. The van der Waals surface area contributed by atoms with Crippen molar-refractivity contribution in [2.24, 2.45) is 0 Å². The van der Waals surface area contributed by atoms with Crippen molar-refractivity contribution in [3.63, 3.8) is 0 Å². The molecule has 1 saturated heterocycles. The van der Waals surface area contributed by atoms with Gasteiger partial charge in [-0.3, -0.25) is 14.6 Å². The number of aromatic nitrogens is 1. The Hall–Kier alpha value is -3.31. The number of rotatable bonds is 6. The summed E-state index contributed by atoms with van der Waals surface area (Å²) in [6, 6.07) is 18.6. The van der Waals surface area contributed by atoms with Gasteiger partial charge in [-0.1, -0.05) is 54.1 Å². The van der Waals surface area contributed by atoms with Gasteiger partial charge < -0.3 is 10.0 Å². The molecule has 1 aliphatic heterocycles. The minimum absolute atomic E-state index is 0.00988. The van der Waals surface area contributed by atoms with Crippen molar-refractivity contribution in [1.82, 2.24) is 9.88 Å². The maximum absolute atomic E-state index is 13.5. The molecule has 2 heterocycles. The first-order valence-electron chi connectivity index (χ1n) is 10.6. The molecule has 0 radical (unpaired) electrons. The minimum Gasteiger partial charge on any atom is -0.391 e. The van der Waals surface area contributed by atoms with Crippen LogP contribution in [0.1, 0.15) is 34.3 Å². The quantitative estimate of drug-likeness (QED) is 0.665. The molecule has 3 aromatic rings. The van der Waals surface area contributed by atoms with Crippen LogP contribution in [0.15, 0.2) is 73.1 Å². The van der Waals surface area contributed by atoms with Crippen molar-refractivity contribution in [2.75, 3.05) is 6.54 Å². The molecule has 1 N–H and O–H groups in total. The van der Waals surface area contributed by atoms with Crippen molar-refractivity contribution in [3.8, 4) is 11.1 Å². The highest BCUT2D eigenvalue weighted by atomic mass is 16.3. The molecule has 2 aromatic carbocycles. The van der Waals surface area contributed by atoms with Gasteiger partial charge in [-0.05, 0) is 36.6 Å². The molecule has 0 aliphatic carbocycles. The standard InChI is InChI=1S/C26H26N2O3/c1-18-8-10-19(11-9-18)12-13-25(30)24-15-21(29)17-28(24)26(31)23-7-3-2-6-22(23)20-5-4-14-27-16-20/h2-11,14,16,21,24,29H,12-13,15,17H2,1H3/t21-,24+/m1/s1. The summed E-state index contributed by atoms with van der Waals surface area (Å²) in [4.78, 5) is 32.2. The topological polar surface area (TPSA) is 70.5 Å². The zero-order valence-corrected chi connectivity index (χ0v) is 17.6. The third-order valence-corrected chi connectivity index (χ3v) is 5.82. The van der Waals surface area contributed by atoms with E-state index >= 15 is 0 Å². The third-order valence-electron chi connectivity index (χ3n) is 5.82. The van der Waals surface area contributed by atoms with Crippen LogP contribution < -0.4 is 0 Å². The molecular formula is C26H26N2O3. The first-order valence-corrected chi connectivity index (χ1v) is 10.6. The Morgan fingerprint density at radius 2 is 1.84 bits per heavy atom. The van der Waals surface area contributed by atoms with E-state index in [9.17, 15) is 14.7 Å². The normalized spacial score (nSPS) is 18.2. The number of carbonyl (C=O) groups is 2. The van der Waals surface area contributed by atoms with Gasteiger partial charge in [-0.2, -0.15) is 0 Å². The van der Waals surface area contributed by atoms with Gasteiger partial charge in [-0.15, -0.1) is 0 Å². The van der Waals surface area contributed by atoms with E-state index in [-0.39, 0.29) is 24.7 Å². The van der Waals surface area contributed by atoms with E-state index in [0.29, 0.717) is 18.4 Å². The number of aliphatic hydroxyl groups is 1. The van der Waals surface area contributed by atoms with Crippen LogP contribution in [0, 0.1) is 6.92 Å². The number of likely N-dealkylation sites (tertiary alicyclic amines) is 1. The van der Waals surface area contributed by atoms with Crippen molar-refractivity contribution in [2.45, 2.75) is 38.3 Å². The Morgan fingerprint density at radius 3 is 2.58 bits per heavy atom. The molecule has 1 aliphatic rings. The fourth-order valence-electron chi connectivity index (χ4n) is 4.13. The molecule has 1 amide bonds. The summed E-state index contributed by atoms with van der Waals surface area (Å²) in [5.41, 5.74) is 4.40. The summed E-state index contributed by atoms with van der Waals surface area (Å²) in [5.74, 6) is -0.242. The number of Topliss-reactive ketones (excluding diaryl/α,β-unsaturated/α-hetero) is 1. The molecule has 0 saturated carbocycles. The number of hydrogen-bond donors (Lipinski definition) is 1. The number of β-amino-alcohol motifs (C(OH)–C–C–N with tert-alkyl or cyclic N) is 1. The second-order valence-electron chi connectivity index (χ2n) is 8.10. The van der Waals surface area contributed by atoms with E-state index in [1.807, 2.05) is 61.5 Å². The Labute approximate surface area is 182 Å². The van der Waals surface area contributed by atoms with Crippen LogP contribution in [0.25, 0.3) is 11.1 Å². The summed E-state index contributed by atoms with van der Waals surface area (Å²) in [6.45, 7) is 2.20. The number of nitrogens with zero attached hydrogens (tertiary/aromatic N) is 2. The van der Waals surface area contributed by atoms with Crippen molar-refractivity contribution >= 4 is 11.7 Å². The van der Waals surface area contributed by atoms with Gasteiger partial charge in [0, 0.05) is 42.9 Å². The number of amides is 1. The van der Waals surface area contributed by atoms with Gasteiger partial charge in [0.15, 0.2) is 5.78 Å². The number of aliphatic hydroxyl groups excluding tert-OH is 1. The molecule has 31 heavy (non-hydrogen) atoms. The average molecular weight is 415 g/mol. The molecule has 1 aromatic heterocycles. The summed E-state index contributed by atoms with van der Waals surface area (Å²) >= 11 is 0. The first-order chi connectivity index (χ1) is 15.0. The van der Waals surface area contributed by atoms with Gasteiger partial charge in [0.25, 0.3) is 5.91 Å². The fourth-order valence-corrected chi connectivity index (χ4v) is 4.13. The lowest BCUT2D eigenvalue weighted by Gasteiger charge is -2.24. The molecule has 158 valence electrons. The second kappa shape index (κ2) is 9.23. The fraction of sp³-hybridized carbons (Fsp3) is 0.269. The number of carbonyl (C=O) groups excluding carboxylic acids is 2. The molecular weight excluding hydrogens is 388 g/mol. The van der Waals surface area contributed by atoms with Crippen molar-refractivity contribution in [1.29, 1.82) is 0 Å². The first kappa shape index (κ1) is 20.9. The molecule has 0 unspecified atom stereocenters. The predicted molar refractivity (Wildman–Crippen MR) is 120 cm³/mol. The molecule has 0 spiro atoms. The van der Waals surface area contributed by atoms with E-state index in [0.717, 1.165) is 16.7 Å². The van der Waals surface area contributed by atoms with Crippen molar-refractivity contribution < 1.29 is 14.7 Å². The maximum atomic E-state index is 13.5. The monoisotopic (exact) mass is 414 g/mol. The number of ketones is 1. The highest BCUT2D eigenvalue weighted by molar-refractivity contribution is 6.03. The maximum Gasteiger partial charge on any atom is 0.255 e. The summed E-state index contributed by atoms with van der Waals surface area (Å²) in [6.07, 6.45) is 3.97. The number of hydrogen-bond acceptors (Lipinski definition) is 4. The van der Waals surface area contributed by atoms with Gasteiger partial charge in [0.1, 0.15) is 0 Å². The van der Waals surface area contributed by atoms with Crippen LogP contribution in [0.5, 0.6) is 0 Å². The largest absolute Gasteiger partial charge is 0.391 e. The minimum atomic E-state index is -0.692. The van der Waals surface area contributed by atoms with E-state index in [4.69, 9.17) is 0 Å². The van der Waals surface area contributed by atoms with Gasteiger partial charge in [-0.25, -0.2) is 0 Å². The summed E-state index contributed by atoms with van der Waals surface area (Å²) in [5, 5.41) is 10.3.